The van der Waals surface area contributed by atoms with E-state index in [9.17, 15) is 4.79 Å². The van der Waals surface area contributed by atoms with E-state index in [0.717, 1.165) is 28.1 Å². The first-order chi connectivity index (χ1) is 12.2. The summed E-state index contributed by atoms with van der Waals surface area (Å²) < 4.78 is 5.18. The molecule has 0 atom stereocenters. The lowest BCUT2D eigenvalue weighted by molar-refractivity contribution is -0.120. The van der Waals surface area contributed by atoms with Gasteiger partial charge in [-0.2, -0.15) is 0 Å². The van der Waals surface area contributed by atoms with Gasteiger partial charge >= 0.3 is 0 Å². The maximum absolute atomic E-state index is 12.2. The molecule has 0 bridgehead atoms. The summed E-state index contributed by atoms with van der Waals surface area (Å²) in [6.45, 7) is 0.462. The lowest BCUT2D eigenvalue weighted by Gasteiger charge is -2.08. The first kappa shape index (κ1) is 16.6. The lowest BCUT2D eigenvalue weighted by Crippen LogP contribution is -2.24. The van der Waals surface area contributed by atoms with Crippen molar-refractivity contribution in [2.75, 3.05) is 7.11 Å². The van der Waals surface area contributed by atoms with Gasteiger partial charge in [-0.15, -0.1) is 0 Å². The van der Waals surface area contributed by atoms with Crippen LogP contribution in [0.2, 0.25) is 0 Å². The number of nitrogens with one attached hydrogen (secondary N) is 1. The summed E-state index contributed by atoms with van der Waals surface area (Å²) in [5.41, 5.74) is 3.78. The van der Waals surface area contributed by atoms with Gasteiger partial charge in [0.05, 0.1) is 19.2 Å². The smallest absolute Gasteiger partial charge is 0.224 e. The molecule has 0 saturated heterocycles. The van der Waals surface area contributed by atoms with Gasteiger partial charge in [0, 0.05) is 30.7 Å². The number of pyridine rings is 2. The van der Waals surface area contributed by atoms with E-state index in [2.05, 4.69) is 15.3 Å². The summed E-state index contributed by atoms with van der Waals surface area (Å²) in [5, 5.41) is 2.94. The number of aromatic nitrogens is 2. The number of amides is 1. The van der Waals surface area contributed by atoms with Crippen LogP contribution in [0.4, 0.5) is 0 Å². The van der Waals surface area contributed by atoms with Crippen LogP contribution in [-0.2, 0) is 17.8 Å². The molecule has 5 nitrogen and oxygen atoms in total. The van der Waals surface area contributed by atoms with Gasteiger partial charge in [-0.1, -0.05) is 12.1 Å². The number of methoxy groups -OCH3 is 1. The molecule has 0 aliphatic heterocycles. The predicted molar refractivity (Wildman–Crippen MR) is 96.0 cm³/mol. The topological polar surface area (TPSA) is 64.1 Å². The summed E-state index contributed by atoms with van der Waals surface area (Å²) in [6, 6.07) is 15.2. The largest absolute Gasteiger partial charge is 0.497 e. The summed E-state index contributed by atoms with van der Waals surface area (Å²) in [5.74, 6) is 0.719. The van der Waals surface area contributed by atoms with Crippen molar-refractivity contribution in [3.63, 3.8) is 0 Å². The van der Waals surface area contributed by atoms with Crippen LogP contribution >= 0.6 is 0 Å². The van der Waals surface area contributed by atoms with Crippen molar-refractivity contribution < 1.29 is 9.53 Å². The molecule has 0 aliphatic carbocycles. The second kappa shape index (κ2) is 8.06. The maximum Gasteiger partial charge on any atom is 0.224 e. The summed E-state index contributed by atoms with van der Waals surface area (Å²) in [4.78, 5) is 20.5. The highest BCUT2D eigenvalue weighted by atomic mass is 16.5. The summed E-state index contributed by atoms with van der Waals surface area (Å²) >= 11 is 0. The SMILES string of the molecule is COc1cccc(CC(=O)NCc2ccnc(-c3ccncc3)c2)c1. The van der Waals surface area contributed by atoms with Gasteiger partial charge in [0.2, 0.25) is 5.91 Å². The first-order valence-electron chi connectivity index (χ1n) is 7.99. The van der Waals surface area contributed by atoms with E-state index in [4.69, 9.17) is 4.74 Å². The fourth-order valence-corrected chi connectivity index (χ4v) is 2.50. The minimum absolute atomic E-state index is 0.0319. The number of carbonyl (C=O) groups excluding carboxylic acids is 1. The van der Waals surface area contributed by atoms with Crippen LogP contribution in [0.1, 0.15) is 11.1 Å². The minimum atomic E-state index is -0.0319. The van der Waals surface area contributed by atoms with Crippen LogP contribution in [0.15, 0.2) is 67.1 Å². The van der Waals surface area contributed by atoms with Gasteiger partial charge in [0.25, 0.3) is 0 Å². The predicted octanol–water partition coefficient (Wildman–Crippen LogP) is 3.01. The van der Waals surface area contributed by atoms with E-state index in [0.29, 0.717) is 13.0 Å². The average Bonchev–Trinajstić information content (AvgIpc) is 2.67. The highest BCUT2D eigenvalue weighted by Gasteiger charge is 2.06. The van der Waals surface area contributed by atoms with Crippen LogP contribution in [0.3, 0.4) is 0 Å². The third-order valence-electron chi connectivity index (χ3n) is 3.79. The summed E-state index contributed by atoms with van der Waals surface area (Å²) in [7, 11) is 1.61. The molecule has 0 saturated carbocycles. The van der Waals surface area contributed by atoms with Gasteiger partial charge in [-0.25, -0.2) is 0 Å². The van der Waals surface area contributed by atoms with Crippen molar-refractivity contribution in [3.05, 3.63) is 78.2 Å². The Morgan fingerprint density at radius 1 is 1.04 bits per heavy atom. The van der Waals surface area contributed by atoms with Crippen molar-refractivity contribution in [2.24, 2.45) is 0 Å². The number of ether oxygens (including phenoxy) is 1. The first-order valence-corrected chi connectivity index (χ1v) is 7.99. The average molecular weight is 333 g/mol. The zero-order chi connectivity index (χ0) is 17.5. The molecule has 5 heteroatoms. The molecule has 126 valence electrons. The zero-order valence-corrected chi connectivity index (χ0v) is 14.0. The Morgan fingerprint density at radius 3 is 2.68 bits per heavy atom. The Labute approximate surface area is 146 Å². The molecule has 3 rings (SSSR count). The fraction of sp³-hybridized carbons (Fsp3) is 0.150. The van der Waals surface area contributed by atoms with Crippen LogP contribution in [0.25, 0.3) is 11.3 Å². The minimum Gasteiger partial charge on any atom is -0.497 e. The molecule has 25 heavy (non-hydrogen) atoms. The van der Waals surface area contributed by atoms with Gasteiger partial charge < -0.3 is 10.1 Å². The molecule has 2 heterocycles. The van der Waals surface area contributed by atoms with Crippen LogP contribution in [0.5, 0.6) is 5.75 Å². The van der Waals surface area contributed by atoms with Crippen LogP contribution < -0.4 is 10.1 Å². The molecule has 2 aromatic heterocycles. The molecule has 0 radical (unpaired) electrons. The van der Waals surface area contributed by atoms with Gasteiger partial charge in [-0.05, 0) is 47.5 Å². The Balaban J connectivity index is 1.60. The molecule has 0 unspecified atom stereocenters. The van der Waals surface area contributed by atoms with E-state index >= 15 is 0 Å². The monoisotopic (exact) mass is 333 g/mol. The lowest BCUT2D eigenvalue weighted by atomic mass is 10.1. The van der Waals surface area contributed by atoms with Gasteiger partial charge in [0.1, 0.15) is 5.75 Å². The highest BCUT2D eigenvalue weighted by molar-refractivity contribution is 5.78. The van der Waals surface area contributed by atoms with Crippen molar-refractivity contribution in [1.29, 1.82) is 0 Å². The second-order valence-electron chi connectivity index (χ2n) is 5.59. The van der Waals surface area contributed by atoms with E-state index < -0.39 is 0 Å². The van der Waals surface area contributed by atoms with E-state index in [-0.39, 0.29) is 5.91 Å². The van der Waals surface area contributed by atoms with Gasteiger partial charge in [-0.3, -0.25) is 14.8 Å². The summed E-state index contributed by atoms with van der Waals surface area (Å²) in [6.07, 6.45) is 5.54. The van der Waals surface area contributed by atoms with E-state index in [1.165, 1.54) is 0 Å². The maximum atomic E-state index is 12.2. The number of hydrogen-bond acceptors (Lipinski definition) is 4. The van der Waals surface area contributed by atoms with Crippen molar-refractivity contribution in [1.82, 2.24) is 15.3 Å². The molecule has 0 aliphatic rings. The van der Waals surface area contributed by atoms with E-state index in [1.807, 2.05) is 48.5 Å². The van der Waals surface area contributed by atoms with Crippen molar-refractivity contribution in [2.45, 2.75) is 13.0 Å². The molecule has 1 N–H and O–H groups in total. The third kappa shape index (κ3) is 4.64. The number of benzene rings is 1. The van der Waals surface area contributed by atoms with Crippen molar-refractivity contribution in [3.8, 4) is 17.0 Å². The number of nitrogens with zero attached hydrogens (tertiary/aromatic N) is 2. The fourth-order valence-electron chi connectivity index (χ4n) is 2.50. The molecule has 0 spiro atoms. The zero-order valence-electron chi connectivity index (χ0n) is 14.0. The Hall–Kier alpha value is -3.21. The highest BCUT2D eigenvalue weighted by Crippen LogP contribution is 2.16. The molecule has 0 fully saturated rings. The van der Waals surface area contributed by atoms with Gasteiger partial charge in [0.15, 0.2) is 0 Å². The van der Waals surface area contributed by atoms with Crippen LogP contribution in [0, 0.1) is 0 Å². The molecular formula is C20H19N3O2. The number of hydrogen-bond donors (Lipinski definition) is 1. The standard InChI is InChI=1S/C20H19N3O2/c1-25-18-4-2-3-15(11-18)13-20(24)23-14-16-5-10-22-19(12-16)17-6-8-21-9-7-17/h2-12H,13-14H2,1H3,(H,23,24). The quantitative estimate of drug-likeness (QED) is 0.753. The third-order valence-corrected chi connectivity index (χ3v) is 3.79. The molecule has 1 amide bonds. The van der Waals surface area contributed by atoms with E-state index in [1.54, 1.807) is 25.7 Å². The normalized spacial score (nSPS) is 10.3. The molecular weight excluding hydrogens is 314 g/mol. The Morgan fingerprint density at radius 2 is 1.88 bits per heavy atom. The van der Waals surface area contributed by atoms with Crippen molar-refractivity contribution >= 4 is 5.91 Å². The number of rotatable bonds is 6. The Bertz CT molecular complexity index is 850. The Kier molecular flexibility index (Phi) is 5.36. The molecule has 1 aromatic carbocycles. The van der Waals surface area contributed by atoms with Crippen LogP contribution in [-0.4, -0.2) is 23.0 Å². The molecule has 3 aromatic rings. The second-order valence-corrected chi connectivity index (χ2v) is 5.59. The number of carbonyl (C=O) groups is 1.